The number of urea groups is 2. The Balaban J connectivity index is 1.59. The number of anilines is 3. The van der Waals surface area contributed by atoms with Gasteiger partial charge >= 0.3 is 12.1 Å². The maximum absolute atomic E-state index is 13.6. The smallest absolute Gasteiger partial charge is 0.323 e. The molecule has 0 radical (unpaired) electrons. The van der Waals surface area contributed by atoms with Gasteiger partial charge in [0.05, 0.1) is 17.7 Å². The predicted octanol–water partition coefficient (Wildman–Crippen LogP) is 5.63. The number of nitrogens with zero attached hydrogens (tertiary/aromatic N) is 3. The molecule has 2 aromatic carbocycles. The molecular formula is C30H37ClN6O6. The van der Waals surface area contributed by atoms with E-state index < -0.39 is 6.03 Å². The first kappa shape index (κ1) is 31.6. The van der Waals surface area contributed by atoms with Crippen molar-refractivity contribution in [2.75, 3.05) is 49.8 Å². The molecule has 2 heterocycles. The van der Waals surface area contributed by atoms with Gasteiger partial charge in [0, 0.05) is 49.6 Å². The minimum absolute atomic E-state index is 0.103. The van der Waals surface area contributed by atoms with Gasteiger partial charge in [0.1, 0.15) is 23.7 Å². The average Bonchev–Trinajstić information content (AvgIpc) is 3.28. The third-order valence-corrected chi connectivity index (χ3v) is 7.55. The Kier molecular flexibility index (Phi) is 10.1. The van der Waals surface area contributed by atoms with E-state index in [1.165, 1.54) is 0 Å². The van der Waals surface area contributed by atoms with Gasteiger partial charge in [-0.25, -0.2) is 9.59 Å². The molecule has 3 atom stereocenters. The fourth-order valence-electron chi connectivity index (χ4n) is 4.84. The van der Waals surface area contributed by atoms with Crippen LogP contribution in [0.4, 0.5) is 26.7 Å². The van der Waals surface area contributed by atoms with Gasteiger partial charge < -0.3 is 39.7 Å². The monoisotopic (exact) mass is 612 g/mol. The van der Waals surface area contributed by atoms with E-state index in [-0.39, 0.29) is 48.7 Å². The van der Waals surface area contributed by atoms with Gasteiger partial charge in [0.2, 0.25) is 0 Å². The summed E-state index contributed by atoms with van der Waals surface area (Å²) in [5.74, 6) is 0.384. The van der Waals surface area contributed by atoms with E-state index in [2.05, 4.69) is 21.1 Å². The van der Waals surface area contributed by atoms with Crippen molar-refractivity contribution in [2.45, 2.75) is 39.8 Å². The topological polar surface area (TPSA) is 138 Å². The number of carbonyl (C=O) groups excluding carboxylic acids is 3. The molecule has 0 spiro atoms. The van der Waals surface area contributed by atoms with Gasteiger partial charge in [0.25, 0.3) is 5.91 Å². The standard InChI is InChI=1S/C30H37ClN6O6/c1-17-14-37(30(40)34-27-19(3)35-43-20(27)4)18(2)16-42-25-11-10-23(13-24(25)28(38)36(5)15-26(17)41-6)33-29(39)32-22-9-7-8-21(31)12-22/h7-13,17-18,26H,14-16H2,1-6H3,(H,34,40)(H2,32,33,39)/t17-,18-,26-/m1/s1. The van der Waals surface area contributed by atoms with Crippen molar-refractivity contribution < 1.29 is 28.4 Å². The summed E-state index contributed by atoms with van der Waals surface area (Å²) >= 11 is 6.02. The summed E-state index contributed by atoms with van der Waals surface area (Å²) in [6.45, 7) is 8.04. The molecule has 1 aromatic heterocycles. The van der Waals surface area contributed by atoms with E-state index in [0.29, 0.717) is 45.8 Å². The molecule has 5 amide bonds. The zero-order chi connectivity index (χ0) is 31.3. The van der Waals surface area contributed by atoms with Crippen LogP contribution in [0.1, 0.15) is 35.7 Å². The summed E-state index contributed by atoms with van der Waals surface area (Å²) in [7, 11) is 3.26. The molecular weight excluding hydrogens is 576 g/mol. The molecule has 0 bridgehead atoms. The molecule has 1 aliphatic rings. The molecule has 3 aromatic rings. The first-order chi connectivity index (χ1) is 20.5. The fraction of sp³-hybridized carbons (Fsp3) is 0.400. The summed E-state index contributed by atoms with van der Waals surface area (Å²) in [6, 6.07) is 10.4. The normalized spacial score (nSPS) is 19.4. The molecule has 0 saturated carbocycles. The summed E-state index contributed by atoms with van der Waals surface area (Å²) in [6.07, 6.45) is -0.371. The number of hydrogen-bond donors (Lipinski definition) is 3. The molecule has 0 aliphatic carbocycles. The predicted molar refractivity (Wildman–Crippen MR) is 164 cm³/mol. The SMILES string of the molecule is CO[C@@H]1CN(C)C(=O)c2cc(NC(=O)Nc3cccc(Cl)c3)ccc2OC[C@@H](C)N(C(=O)Nc2c(C)noc2C)C[C@H]1C. The van der Waals surface area contributed by atoms with Crippen LogP contribution in [0.15, 0.2) is 47.0 Å². The number of halogens is 1. The number of rotatable bonds is 4. The van der Waals surface area contributed by atoms with Crippen molar-refractivity contribution in [3.63, 3.8) is 0 Å². The van der Waals surface area contributed by atoms with Crippen molar-refractivity contribution in [3.8, 4) is 5.75 Å². The van der Waals surface area contributed by atoms with Crippen LogP contribution in [-0.2, 0) is 4.74 Å². The highest BCUT2D eigenvalue weighted by atomic mass is 35.5. The highest BCUT2D eigenvalue weighted by molar-refractivity contribution is 6.30. The average molecular weight is 613 g/mol. The lowest BCUT2D eigenvalue weighted by atomic mass is 10.0. The lowest BCUT2D eigenvalue weighted by Crippen LogP contribution is -2.50. The highest BCUT2D eigenvalue weighted by Gasteiger charge is 2.31. The minimum atomic E-state index is -0.501. The number of benzene rings is 2. The second-order valence-corrected chi connectivity index (χ2v) is 11.1. The Labute approximate surface area is 255 Å². The molecule has 0 unspecified atom stereocenters. The molecule has 3 N–H and O–H groups in total. The number of hydrogen-bond acceptors (Lipinski definition) is 7. The van der Waals surface area contributed by atoms with Crippen LogP contribution in [0.2, 0.25) is 5.02 Å². The van der Waals surface area contributed by atoms with Gasteiger partial charge in [-0.1, -0.05) is 29.7 Å². The first-order valence-corrected chi connectivity index (χ1v) is 14.2. The van der Waals surface area contributed by atoms with Gasteiger partial charge in [-0.05, 0) is 57.2 Å². The van der Waals surface area contributed by atoms with Gasteiger partial charge in [-0.2, -0.15) is 0 Å². The van der Waals surface area contributed by atoms with Crippen LogP contribution in [-0.4, -0.2) is 78.9 Å². The number of carbonyl (C=O) groups is 3. The number of aryl methyl sites for hydroxylation is 2. The second kappa shape index (κ2) is 13.8. The molecule has 230 valence electrons. The maximum atomic E-state index is 13.6. The van der Waals surface area contributed by atoms with Crippen LogP contribution < -0.4 is 20.7 Å². The van der Waals surface area contributed by atoms with Crippen molar-refractivity contribution in [2.24, 2.45) is 5.92 Å². The number of methoxy groups -OCH3 is 1. The molecule has 4 rings (SSSR count). The zero-order valence-corrected chi connectivity index (χ0v) is 25.8. The molecule has 12 nitrogen and oxygen atoms in total. The lowest BCUT2D eigenvalue weighted by molar-refractivity contribution is 0.0174. The van der Waals surface area contributed by atoms with Crippen LogP contribution in [0.25, 0.3) is 0 Å². The Morgan fingerprint density at radius 2 is 1.77 bits per heavy atom. The van der Waals surface area contributed by atoms with E-state index in [9.17, 15) is 14.4 Å². The molecule has 0 fully saturated rings. The van der Waals surface area contributed by atoms with Crippen molar-refractivity contribution in [1.29, 1.82) is 0 Å². The summed E-state index contributed by atoms with van der Waals surface area (Å²) in [5.41, 5.74) is 2.26. The van der Waals surface area contributed by atoms with Crippen molar-refractivity contribution in [3.05, 3.63) is 64.5 Å². The fourth-order valence-corrected chi connectivity index (χ4v) is 5.03. The van der Waals surface area contributed by atoms with E-state index in [4.69, 9.17) is 25.6 Å². The summed E-state index contributed by atoms with van der Waals surface area (Å²) < 4.78 is 17.1. The lowest BCUT2D eigenvalue weighted by Gasteiger charge is -2.36. The van der Waals surface area contributed by atoms with Crippen LogP contribution in [0.5, 0.6) is 5.75 Å². The third kappa shape index (κ3) is 7.76. The molecule has 13 heteroatoms. The van der Waals surface area contributed by atoms with Crippen LogP contribution in [0.3, 0.4) is 0 Å². The van der Waals surface area contributed by atoms with Gasteiger partial charge in [-0.3, -0.25) is 4.79 Å². The Hall–Kier alpha value is -4.29. The third-order valence-electron chi connectivity index (χ3n) is 7.31. The highest BCUT2D eigenvalue weighted by Crippen LogP contribution is 2.27. The molecule has 43 heavy (non-hydrogen) atoms. The Bertz CT molecular complexity index is 1460. The number of nitrogens with one attached hydrogen (secondary N) is 3. The largest absolute Gasteiger partial charge is 0.491 e. The van der Waals surface area contributed by atoms with Gasteiger partial charge in [-0.15, -0.1) is 0 Å². The van der Waals surface area contributed by atoms with E-state index >= 15 is 0 Å². The Morgan fingerprint density at radius 1 is 1.05 bits per heavy atom. The number of ether oxygens (including phenoxy) is 2. The Morgan fingerprint density at radius 3 is 2.42 bits per heavy atom. The summed E-state index contributed by atoms with van der Waals surface area (Å²) in [4.78, 5) is 43.1. The van der Waals surface area contributed by atoms with Gasteiger partial charge in [0.15, 0.2) is 5.76 Å². The summed E-state index contributed by atoms with van der Waals surface area (Å²) in [5, 5.41) is 12.8. The number of amides is 5. The van der Waals surface area contributed by atoms with Crippen molar-refractivity contribution in [1.82, 2.24) is 15.0 Å². The number of fused-ring (bicyclic) bond motifs is 1. The maximum Gasteiger partial charge on any atom is 0.323 e. The van der Waals surface area contributed by atoms with Crippen molar-refractivity contribution >= 4 is 46.6 Å². The zero-order valence-electron chi connectivity index (χ0n) is 25.1. The first-order valence-electron chi connectivity index (χ1n) is 13.9. The minimum Gasteiger partial charge on any atom is -0.491 e. The second-order valence-electron chi connectivity index (χ2n) is 10.7. The van der Waals surface area contributed by atoms with E-state index in [1.807, 2.05) is 13.8 Å². The van der Waals surface area contributed by atoms with Crippen LogP contribution in [0, 0.1) is 19.8 Å². The molecule has 1 aliphatic heterocycles. The van der Waals surface area contributed by atoms with E-state index in [1.54, 1.807) is 80.3 Å². The number of aromatic nitrogens is 1. The molecule has 0 saturated heterocycles. The quantitative estimate of drug-likeness (QED) is 0.347. The number of likely N-dealkylation sites (N-methyl/N-ethyl adjacent to an activating group) is 1. The van der Waals surface area contributed by atoms with E-state index in [0.717, 1.165) is 0 Å². The van der Waals surface area contributed by atoms with Crippen LogP contribution >= 0.6 is 11.6 Å².